The number of nitrogens with one attached hydrogen (secondary N) is 1. The minimum atomic E-state index is -3.72. The molecule has 1 aliphatic rings. The molecular formula is C18H20N2O3S. The Morgan fingerprint density at radius 1 is 1.08 bits per heavy atom. The zero-order valence-corrected chi connectivity index (χ0v) is 14.3. The number of hydrogen-bond donors (Lipinski definition) is 1. The van der Waals surface area contributed by atoms with E-state index in [9.17, 15) is 13.2 Å². The van der Waals surface area contributed by atoms with E-state index < -0.39 is 16.1 Å². The van der Waals surface area contributed by atoms with Crippen LogP contribution in [0.2, 0.25) is 0 Å². The third kappa shape index (κ3) is 3.20. The van der Waals surface area contributed by atoms with Gasteiger partial charge in [0.15, 0.2) is 0 Å². The summed E-state index contributed by atoms with van der Waals surface area (Å²) in [4.78, 5) is 14.4. The molecule has 2 aromatic carbocycles. The van der Waals surface area contributed by atoms with Gasteiger partial charge < -0.3 is 4.90 Å². The zero-order chi connectivity index (χ0) is 17.2. The summed E-state index contributed by atoms with van der Waals surface area (Å²) in [7, 11) is -3.72. The first-order valence-electron chi connectivity index (χ1n) is 7.99. The van der Waals surface area contributed by atoms with E-state index in [0.29, 0.717) is 19.4 Å². The third-order valence-electron chi connectivity index (χ3n) is 4.21. The van der Waals surface area contributed by atoms with E-state index >= 15 is 0 Å². The molecule has 1 aliphatic heterocycles. The van der Waals surface area contributed by atoms with E-state index in [-0.39, 0.29) is 10.8 Å². The molecule has 2 aromatic rings. The second-order valence-electron chi connectivity index (χ2n) is 5.75. The molecule has 1 amide bonds. The normalized spacial score (nSPS) is 18.1. The first-order chi connectivity index (χ1) is 11.5. The molecule has 1 N–H and O–H groups in total. The highest BCUT2D eigenvalue weighted by molar-refractivity contribution is 7.89. The molecule has 0 aromatic heterocycles. The van der Waals surface area contributed by atoms with Crippen LogP contribution in [0.1, 0.15) is 18.9 Å². The summed E-state index contributed by atoms with van der Waals surface area (Å²) in [5, 5.41) is 0. The molecular weight excluding hydrogens is 324 g/mol. The second kappa shape index (κ2) is 6.75. The highest BCUT2D eigenvalue weighted by Crippen LogP contribution is 2.23. The fraction of sp³-hybridized carbons (Fsp3) is 0.278. The maximum atomic E-state index is 12.7. The van der Waals surface area contributed by atoms with Crippen LogP contribution >= 0.6 is 0 Å². The molecule has 0 bridgehead atoms. The van der Waals surface area contributed by atoms with E-state index in [1.165, 1.54) is 0 Å². The number of para-hydroxylation sites is 1. The van der Waals surface area contributed by atoms with Gasteiger partial charge >= 0.3 is 0 Å². The third-order valence-corrected chi connectivity index (χ3v) is 5.79. The van der Waals surface area contributed by atoms with Crippen LogP contribution in [0.25, 0.3) is 0 Å². The Bertz CT molecular complexity index is 834. The number of hydrogen-bond acceptors (Lipinski definition) is 3. The van der Waals surface area contributed by atoms with Gasteiger partial charge in [-0.2, -0.15) is 4.72 Å². The van der Waals surface area contributed by atoms with Gasteiger partial charge in [0, 0.05) is 12.2 Å². The second-order valence-corrected chi connectivity index (χ2v) is 7.43. The lowest BCUT2D eigenvalue weighted by molar-refractivity contribution is -0.118. The number of carbonyl (C=O) groups excluding carboxylic acids is 1. The van der Waals surface area contributed by atoms with Gasteiger partial charge in [-0.3, -0.25) is 4.79 Å². The van der Waals surface area contributed by atoms with E-state index in [2.05, 4.69) is 4.72 Å². The van der Waals surface area contributed by atoms with E-state index in [4.69, 9.17) is 0 Å². The topological polar surface area (TPSA) is 66.5 Å². The van der Waals surface area contributed by atoms with Crippen molar-refractivity contribution in [2.24, 2.45) is 0 Å². The monoisotopic (exact) mass is 344 g/mol. The molecule has 1 atom stereocenters. The molecule has 0 spiro atoms. The largest absolute Gasteiger partial charge is 0.311 e. The molecule has 1 heterocycles. The van der Waals surface area contributed by atoms with Gasteiger partial charge in [-0.15, -0.1) is 0 Å². The van der Waals surface area contributed by atoms with Gasteiger partial charge in [-0.25, -0.2) is 8.42 Å². The molecule has 126 valence electrons. The van der Waals surface area contributed by atoms with Crippen molar-refractivity contribution in [1.29, 1.82) is 0 Å². The van der Waals surface area contributed by atoms with E-state index in [1.54, 1.807) is 23.1 Å². The van der Waals surface area contributed by atoms with Crippen molar-refractivity contribution in [2.45, 2.75) is 30.7 Å². The predicted molar refractivity (Wildman–Crippen MR) is 93.3 cm³/mol. The van der Waals surface area contributed by atoms with Crippen LogP contribution in [0.3, 0.4) is 0 Å². The molecule has 5 nitrogen and oxygen atoms in total. The maximum Gasteiger partial charge on any atom is 0.245 e. The van der Waals surface area contributed by atoms with Crippen LogP contribution in [0, 0.1) is 0 Å². The summed E-state index contributed by atoms with van der Waals surface area (Å²) in [6.45, 7) is 2.41. The molecule has 6 heteroatoms. The van der Waals surface area contributed by atoms with Gasteiger partial charge in [0.1, 0.15) is 6.04 Å². The van der Waals surface area contributed by atoms with Gasteiger partial charge in [0.2, 0.25) is 15.9 Å². The Kier molecular flexibility index (Phi) is 4.69. The minimum absolute atomic E-state index is 0.209. The van der Waals surface area contributed by atoms with Crippen LogP contribution in [0.15, 0.2) is 59.5 Å². The van der Waals surface area contributed by atoms with Crippen LogP contribution in [0.5, 0.6) is 0 Å². The van der Waals surface area contributed by atoms with Crippen molar-refractivity contribution >= 4 is 21.6 Å². The minimum Gasteiger partial charge on any atom is -0.311 e. The lowest BCUT2D eigenvalue weighted by Gasteiger charge is -2.17. The standard InChI is InChI=1S/C18H20N2O3S/c1-2-14-8-6-7-11-17(14)24(22,23)19-16-12-13-20(18(16)21)15-9-4-3-5-10-15/h3-11,16,19H,2,12-13H2,1H3. The van der Waals surface area contributed by atoms with Gasteiger partial charge in [-0.05, 0) is 36.6 Å². The molecule has 0 saturated carbocycles. The van der Waals surface area contributed by atoms with Crippen molar-refractivity contribution in [3.8, 4) is 0 Å². The van der Waals surface area contributed by atoms with Gasteiger partial charge in [0.05, 0.1) is 4.90 Å². The van der Waals surface area contributed by atoms with Crippen molar-refractivity contribution in [3.63, 3.8) is 0 Å². The number of carbonyl (C=O) groups is 1. The molecule has 3 rings (SSSR count). The summed E-state index contributed by atoms with van der Waals surface area (Å²) in [6, 6.07) is 15.5. The van der Waals surface area contributed by atoms with Crippen LogP contribution < -0.4 is 9.62 Å². The number of benzene rings is 2. The van der Waals surface area contributed by atoms with Crippen LogP contribution in [-0.4, -0.2) is 26.9 Å². The first-order valence-corrected chi connectivity index (χ1v) is 9.48. The van der Waals surface area contributed by atoms with Crippen molar-refractivity contribution in [1.82, 2.24) is 4.72 Å². The smallest absolute Gasteiger partial charge is 0.245 e. The number of aryl methyl sites for hydroxylation is 1. The molecule has 1 fully saturated rings. The fourth-order valence-corrected chi connectivity index (χ4v) is 4.50. The first kappa shape index (κ1) is 16.7. The number of amides is 1. The lowest BCUT2D eigenvalue weighted by Crippen LogP contribution is -2.41. The lowest BCUT2D eigenvalue weighted by atomic mass is 10.2. The molecule has 0 aliphatic carbocycles. The zero-order valence-electron chi connectivity index (χ0n) is 13.5. The average molecular weight is 344 g/mol. The van der Waals surface area contributed by atoms with Crippen LogP contribution in [0.4, 0.5) is 5.69 Å². The Hall–Kier alpha value is -2.18. The SMILES string of the molecule is CCc1ccccc1S(=O)(=O)NC1CCN(c2ccccc2)C1=O. The Labute approximate surface area is 142 Å². The Balaban J connectivity index is 1.80. The van der Waals surface area contributed by atoms with Crippen molar-refractivity contribution in [2.75, 3.05) is 11.4 Å². The Morgan fingerprint density at radius 3 is 2.46 bits per heavy atom. The van der Waals surface area contributed by atoms with E-state index in [1.807, 2.05) is 43.3 Å². The van der Waals surface area contributed by atoms with Gasteiger partial charge in [0.25, 0.3) is 0 Å². The van der Waals surface area contributed by atoms with Crippen LogP contribution in [-0.2, 0) is 21.2 Å². The van der Waals surface area contributed by atoms with Gasteiger partial charge in [-0.1, -0.05) is 43.3 Å². The Morgan fingerprint density at radius 2 is 1.75 bits per heavy atom. The fourth-order valence-electron chi connectivity index (χ4n) is 2.96. The highest BCUT2D eigenvalue weighted by atomic mass is 32.2. The van der Waals surface area contributed by atoms with Crippen molar-refractivity contribution in [3.05, 3.63) is 60.2 Å². The average Bonchev–Trinajstić information content (AvgIpc) is 2.95. The quantitative estimate of drug-likeness (QED) is 0.905. The summed E-state index contributed by atoms with van der Waals surface area (Å²) < 4.78 is 27.9. The number of sulfonamides is 1. The van der Waals surface area contributed by atoms with E-state index in [0.717, 1.165) is 11.3 Å². The summed E-state index contributed by atoms with van der Waals surface area (Å²) in [5.74, 6) is -0.209. The number of nitrogens with zero attached hydrogens (tertiary/aromatic N) is 1. The molecule has 1 saturated heterocycles. The molecule has 0 radical (unpaired) electrons. The maximum absolute atomic E-state index is 12.7. The predicted octanol–water partition coefficient (Wildman–Crippen LogP) is 2.33. The molecule has 1 unspecified atom stereocenters. The summed E-state index contributed by atoms with van der Waals surface area (Å²) in [6.07, 6.45) is 1.08. The van der Waals surface area contributed by atoms with Crippen molar-refractivity contribution < 1.29 is 13.2 Å². The number of anilines is 1. The summed E-state index contributed by atoms with van der Waals surface area (Å²) >= 11 is 0. The number of rotatable bonds is 5. The highest BCUT2D eigenvalue weighted by Gasteiger charge is 2.35. The summed E-state index contributed by atoms with van der Waals surface area (Å²) in [5.41, 5.74) is 1.54. The molecule has 24 heavy (non-hydrogen) atoms.